The van der Waals surface area contributed by atoms with Crippen LogP contribution in [0, 0.1) is 5.92 Å². The van der Waals surface area contributed by atoms with Gasteiger partial charge in [-0.1, -0.05) is 68.5 Å². The first kappa shape index (κ1) is 36.5. The maximum Gasteiger partial charge on any atom is 0.255 e. The van der Waals surface area contributed by atoms with E-state index in [9.17, 15) is 9.59 Å². The molecule has 8 nitrogen and oxygen atoms in total. The van der Waals surface area contributed by atoms with Crippen molar-refractivity contribution in [1.82, 2.24) is 0 Å². The van der Waals surface area contributed by atoms with Crippen molar-refractivity contribution in [3.8, 4) is 45.3 Å². The zero-order valence-electron chi connectivity index (χ0n) is 30.5. The van der Waals surface area contributed by atoms with Gasteiger partial charge in [-0.05, 0) is 71.8 Å². The van der Waals surface area contributed by atoms with E-state index in [2.05, 4.69) is 23.8 Å². The molecule has 5 aromatic rings. The molecule has 53 heavy (non-hydrogen) atoms. The molecule has 0 spiro atoms. The van der Waals surface area contributed by atoms with E-state index >= 15 is 0 Å². The van der Waals surface area contributed by atoms with Crippen molar-refractivity contribution in [1.29, 1.82) is 0 Å². The minimum Gasteiger partial charge on any atom is -0.496 e. The fraction of sp³-hybridized carbons (Fsp3) is 0.200. The van der Waals surface area contributed by atoms with Gasteiger partial charge in [-0.25, -0.2) is 0 Å². The van der Waals surface area contributed by atoms with Crippen molar-refractivity contribution in [3.63, 3.8) is 0 Å². The Morgan fingerprint density at radius 2 is 1.17 bits per heavy atom. The quantitative estimate of drug-likeness (QED) is 0.140. The molecule has 0 saturated carbocycles. The number of nitrogens with one attached hydrogen (secondary N) is 2. The summed E-state index contributed by atoms with van der Waals surface area (Å²) in [6.07, 6.45) is 4.74. The van der Waals surface area contributed by atoms with Crippen LogP contribution in [0.3, 0.4) is 0 Å². The van der Waals surface area contributed by atoms with E-state index < -0.39 is 0 Å². The summed E-state index contributed by atoms with van der Waals surface area (Å²) in [5.74, 6) is 2.91. The van der Waals surface area contributed by atoms with E-state index in [0.29, 0.717) is 18.4 Å². The molecule has 2 amide bonds. The third kappa shape index (κ3) is 7.82. The number of rotatable bonds is 10. The number of fused-ring (bicyclic) bond motifs is 6. The van der Waals surface area contributed by atoms with Gasteiger partial charge in [0.05, 0.1) is 25.3 Å². The van der Waals surface area contributed by atoms with Crippen molar-refractivity contribution in [3.05, 3.63) is 145 Å². The van der Waals surface area contributed by atoms with Gasteiger partial charge in [0.15, 0.2) is 0 Å². The van der Waals surface area contributed by atoms with Crippen LogP contribution in [0.25, 0.3) is 22.3 Å². The number of hydrogen-bond donors (Lipinski definition) is 2. The van der Waals surface area contributed by atoms with E-state index in [1.807, 2.05) is 117 Å². The van der Waals surface area contributed by atoms with Gasteiger partial charge in [-0.15, -0.1) is 13.2 Å². The standard InChI is InChI=1S/C24H21NO3.C21H23NO3/c1-3-8-20-19-15-17(25-24(26)16-9-5-4-6-10-16)13-14-18(19)23-21(27-2)11-7-12-22(23)28-20;1-5-7-17-16-12-14(22-21(23)13(2)3)10-11-15(16)20-18(24-4)8-6-9-19(20)25-17/h3-7,9-15,20H,1,8H2,2H3,(H,25,26);5-6,8-13,17H,1,7H2,2-4H3,(H,22,23). The Morgan fingerprint density at radius 1 is 0.679 bits per heavy atom. The molecular formula is C45H44N2O6. The highest BCUT2D eigenvalue weighted by Gasteiger charge is 2.30. The predicted octanol–water partition coefficient (Wildman–Crippen LogP) is 10.6. The average Bonchev–Trinajstić information content (AvgIpc) is 3.18. The number of carbonyl (C=O) groups is 2. The average molecular weight is 709 g/mol. The Kier molecular flexibility index (Phi) is 11.3. The van der Waals surface area contributed by atoms with Crippen molar-refractivity contribution in [2.75, 3.05) is 24.9 Å². The lowest BCUT2D eigenvalue weighted by Crippen LogP contribution is -2.19. The molecule has 0 bridgehead atoms. The fourth-order valence-corrected chi connectivity index (χ4v) is 6.52. The lowest BCUT2D eigenvalue weighted by Gasteiger charge is -2.29. The number of amides is 2. The Balaban J connectivity index is 0.000000183. The summed E-state index contributed by atoms with van der Waals surface area (Å²) in [5.41, 5.74) is 8.13. The second-order valence-electron chi connectivity index (χ2n) is 13.0. The van der Waals surface area contributed by atoms with Crippen LogP contribution >= 0.6 is 0 Å². The number of anilines is 2. The molecule has 2 atom stereocenters. The highest BCUT2D eigenvalue weighted by Crippen LogP contribution is 2.50. The molecule has 2 heterocycles. The van der Waals surface area contributed by atoms with Gasteiger partial charge in [-0.3, -0.25) is 9.59 Å². The van der Waals surface area contributed by atoms with Crippen LogP contribution in [0.2, 0.25) is 0 Å². The third-order valence-electron chi connectivity index (χ3n) is 9.14. The highest BCUT2D eigenvalue weighted by molar-refractivity contribution is 6.04. The first-order chi connectivity index (χ1) is 25.8. The van der Waals surface area contributed by atoms with Crippen LogP contribution < -0.4 is 29.6 Å². The van der Waals surface area contributed by atoms with Crippen LogP contribution in [-0.4, -0.2) is 26.0 Å². The molecule has 2 N–H and O–H groups in total. The lowest BCUT2D eigenvalue weighted by molar-refractivity contribution is -0.118. The molecule has 0 aromatic heterocycles. The van der Waals surface area contributed by atoms with Crippen molar-refractivity contribution in [2.24, 2.45) is 5.92 Å². The summed E-state index contributed by atoms with van der Waals surface area (Å²) < 4.78 is 23.5. The summed E-state index contributed by atoms with van der Waals surface area (Å²) in [6.45, 7) is 11.4. The van der Waals surface area contributed by atoms with Gasteiger partial charge in [0, 0.05) is 46.8 Å². The topological polar surface area (TPSA) is 95.1 Å². The molecule has 2 unspecified atom stereocenters. The Hall–Kier alpha value is -6.28. The summed E-state index contributed by atoms with van der Waals surface area (Å²) in [6, 6.07) is 32.6. The normalized spacial score (nSPS) is 14.6. The molecule has 5 aromatic carbocycles. The number of ether oxygens (including phenoxy) is 4. The SMILES string of the molecule is C=CCC1Oc2cccc(OC)c2-c2ccc(NC(=O)C(C)C)cc21.C=CCC1Oc2cccc(OC)c2-c2ccc(NC(=O)c3ccccc3)cc21. The molecule has 8 heteroatoms. The van der Waals surface area contributed by atoms with Gasteiger partial charge in [-0.2, -0.15) is 0 Å². The van der Waals surface area contributed by atoms with Crippen LogP contribution in [0.5, 0.6) is 23.0 Å². The fourth-order valence-electron chi connectivity index (χ4n) is 6.52. The van der Waals surface area contributed by atoms with Gasteiger partial charge < -0.3 is 29.6 Å². The number of benzene rings is 5. The Morgan fingerprint density at radius 3 is 1.62 bits per heavy atom. The maximum atomic E-state index is 12.5. The van der Waals surface area contributed by atoms with Crippen molar-refractivity contribution < 1.29 is 28.5 Å². The van der Waals surface area contributed by atoms with E-state index in [0.717, 1.165) is 67.8 Å². The zero-order valence-corrected chi connectivity index (χ0v) is 30.5. The van der Waals surface area contributed by atoms with Gasteiger partial charge in [0.25, 0.3) is 5.91 Å². The molecule has 0 aliphatic carbocycles. The molecule has 2 aliphatic heterocycles. The third-order valence-corrected chi connectivity index (χ3v) is 9.14. The van der Waals surface area contributed by atoms with Crippen molar-refractivity contribution in [2.45, 2.75) is 38.9 Å². The molecule has 0 radical (unpaired) electrons. The molecule has 2 aliphatic rings. The summed E-state index contributed by atoms with van der Waals surface area (Å²) >= 11 is 0. The number of carbonyl (C=O) groups excluding carboxylic acids is 2. The lowest BCUT2D eigenvalue weighted by atomic mass is 9.90. The van der Waals surface area contributed by atoms with E-state index in [4.69, 9.17) is 18.9 Å². The second-order valence-corrected chi connectivity index (χ2v) is 13.0. The minimum atomic E-state index is -0.166. The highest BCUT2D eigenvalue weighted by atomic mass is 16.5. The Bertz CT molecular complexity index is 2140. The maximum absolute atomic E-state index is 12.5. The molecule has 7 rings (SSSR count). The van der Waals surface area contributed by atoms with Gasteiger partial charge in [0.1, 0.15) is 35.2 Å². The van der Waals surface area contributed by atoms with E-state index in [-0.39, 0.29) is 29.9 Å². The summed E-state index contributed by atoms with van der Waals surface area (Å²) in [5, 5.41) is 5.93. The first-order valence-corrected chi connectivity index (χ1v) is 17.6. The van der Waals surface area contributed by atoms with Crippen LogP contribution in [0.15, 0.2) is 128 Å². The Labute approximate surface area is 311 Å². The smallest absolute Gasteiger partial charge is 0.255 e. The number of methoxy groups -OCH3 is 2. The minimum absolute atomic E-state index is 0.00470. The van der Waals surface area contributed by atoms with Gasteiger partial charge >= 0.3 is 0 Å². The van der Waals surface area contributed by atoms with Crippen molar-refractivity contribution >= 4 is 23.2 Å². The van der Waals surface area contributed by atoms with E-state index in [1.54, 1.807) is 26.4 Å². The van der Waals surface area contributed by atoms with Crippen LogP contribution in [-0.2, 0) is 4.79 Å². The molecular weight excluding hydrogens is 665 g/mol. The van der Waals surface area contributed by atoms with Crippen LogP contribution in [0.1, 0.15) is 60.4 Å². The van der Waals surface area contributed by atoms with Crippen LogP contribution in [0.4, 0.5) is 11.4 Å². The molecule has 0 fully saturated rings. The predicted molar refractivity (Wildman–Crippen MR) is 211 cm³/mol. The zero-order chi connectivity index (χ0) is 37.5. The monoisotopic (exact) mass is 708 g/mol. The van der Waals surface area contributed by atoms with Gasteiger partial charge in [0.2, 0.25) is 5.91 Å². The molecule has 0 saturated heterocycles. The largest absolute Gasteiger partial charge is 0.496 e. The molecule has 270 valence electrons. The number of hydrogen-bond acceptors (Lipinski definition) is 6. The van der Waals surface area contributed by atoms with E-state index in [1.165, 1.54) is 0 Å². The summed E-state index contributed by atoms with van der Waals surface area (Å²) in [7, 11) is 3.31. The first-order valence-electron chi connectivity index (χ1n) is 17.6. The second kappa shape index (κ2) is 16.4. The summed E-state index contributed by atoms with van der Waals surface area (Å²) in [4.78, 5) is 24.5.